The predicted molar refractivity (Wildman–Crippen MR) is 145 cm³/mol. The number of anilines is 1. The lowest BCUT2D eigenvalue weighted by molar-refractivity contribution is -0.142. The van der Waals surface area contributed by atoms with E-state index in [-0.39, 0.29) is 23.8 Å². The summed E-state index contributed by atoms with van der Waals surface area (Å²) in [6.45, 7) is 0.593. The molecule has 1 aliphatic heterocycles. The van der Waals surface area contributed by atoms with Gasteiger partial charge in [-0.3, -0.25) is 14.5 Å². The number of esters is 1. The number of benzene rings is 2. The third kappa shape index (κ3) is 4.89. The number of para-hydroxylation sites is 1. The van der Waals surface area contributed by atoms with Crippen molar-refractivity contribution in [2.75, 3.05) is 19.1 Å². The van der Waals surface area contributed by atoms with Gasteiger partial charge in [-0.05, 0) is 42.7 Å². The number of hydrogen-bond donors (Lipinski definition) is 2. The monoisotopic (exact) mass is 533 g/mol. The number of fused-ring (bicyclic) bond motifs is 2. The molecule has 1 atom stereocenters. The summed E-state index contributed by atoms with van der Waals surface area (Å²) in [6, 6.07) is 13.4. The number of halogens is 1. The van der Waals surface area contributed by atoms with E-state index in [1.54, 1.807) is 31.3 Å². The van der Waals surface area contributed by atoms with Crippen molar-refractivity contribution < 1.29 is 19.1 Å². The molecule has 3 heterocycles. The van der Waals surface area contributed by atoms with Gasteiger partial charge in [0.2, 0.25) is 0 Å². The smallest absolute Gasteiger partial charge is 0.328 e. The molecule has 2 amide bonds. The quantitative estimate of drug-likeness (QED) is 0.347. The van der Waals surface area contributed by atoms with Gasteiger partial charge in [0, 0.05) is 54.1 Å². The fourth-order valence-electron chi connectivity index (χ4n) is 4.92. The van der Waals surface area contributed by atoms with E-state index in [2.05, 4.69) is 15.3 Å². The lowest BCUT2D eigenvalue weighted by Gasteiger charge is -2.21. The second-order valence-corrected chi connectivity index (χ2v) is 9.73. The van der Waals surface area contributed by atoms with Gasteiger partial charge in [-0.25, -0.2) is 9.78 Å². The van der Waals surface area contributed by atoms with Crippen molar-refractivity contribution in [3.63, 3.8) is 0 Å². The van der Waals surface area contributed by atoms with Gasteiger partial charge in [-0.2, -0.15) is 0 Å². The van der Waals surface area contributed by atoms with Crippen molar-refractivity contribution in [1.82, 2.24) is 19.9 Å². The second kappa shape index (κ2) is 10.7. The van der Waals surface area contributed by atoms with Gasteiger partial charge in [-0.1, -0.05) is 35.9 Å². The molecule has 2 N–H and O–H groups in total. The van der Waals surface area contributed by atoms with Gasteiger partial charge in [0.25, 0.3) is 11.8 Å². The summed E-state index contributed by atoms with van der Waals surface area (Å²) >= 11 is 6.10. The zero-order chi connectivity index (χ0) is 26.8. The number of ether oxygens (including phenoxy) is 1. The van der Waals surface area contributed by atoms with Crippen LogP contribution < -0.4 is 10.2 Å². The van der Waals surface area contributed by atoms with Gasteiger partial charge in [-0.15, -0.1) is 0 Å². The summed E-state index contributed by atoms with van der Waals surface area (Å²) in [5.74, 6) is -0.442. The maximum absolute atomic E-state index is 13.8. The normalized spacial score (nSPS) is 13.6. The van der Waals surface area contributed by atoms with E-state index < -0.39 is 17.9 Å². The highest BCUT2D eigenvalue weighted by atomic mass is 35.5. The fourth-order valence-corrected chi connectivity index (χ4v) is 5.11. The number of imidazole rings is 1. The Morgan fingerprint density at radius 2 is 2.00 bits per heavy atom. The molecule has 10 heteroatoms. The number of nitrogens with one attached hydrogen (secondary N) is 2. The Labute approximate surface area is 224 Å². The molecule has 38 heavy (non-hydrogen) atoms. The number of aryl methyl sites for hydroxylation is 1. The number of methoxy groups -OCH3 is 1. The first kappa shape index (κ1) is 25.5. The third-order valence-corrected chi connectivity index (χ3v) is 7.09. The Morgan fingerprint density at radius 1 is 1.18 bits per heavy atom. The Balaban J connectivity index is 1.47. The van der Waals surface area contributed by atoms with Crippen LogP contribution in [0.1, 0.15) is 45.1 Å². The Morgan fingerprint density at radius 3 is 2.79 bits per heavy atom. The zero-order valence-corrected chi connectivity index (χ0v) is 21.9. The van der Waals surface area contributed by atoms with E-state index in [4.69, 9.17) is 16.3 Å². The van der Waals surface area contributed by atoms with Crippen LogP contribution in [0.2, 0.25) is 5.02 Å². The van der Waals surface area contributed by atoms with Gasteiger partial charge in [0.1, 0.15) is 11.9 Å². The molecular formula is C28H28ClN5O4. The van der Waals surface area contributed by atoms with Gasteiger partial charge >= 0.3 is 5.97 Å². The Kier molecular flexibility index (Phi) is 7.20. The van der Waals surface area contributed by atoms with Crippen LogP contribution in [0.5, 0.6) is 0 Å². The van der Waals surface area contributed by atoms with E-state index in [0.29, 0.717) is 23.6 Å². The molecule has 5 rings (SSSR count). The topological polar surface area (TPSA) is 109 Å². The van der Waals surface area contributed by atoms with Crippen LogP contribution >= 0.6 is 11.6 Å². The average molecular weight is 534 g/mol. The number of aromatic nitrogens is 3. The lowest BCUT2D eigenvalue weighted by Crippen LogP contribution is -2.44. The van der Waals surface area contributed by atoms with E-state index in [1.165, 1.54) is 12.0 Å². The Hall–Kier alpha value is -4.11. The fraction of sp³-hybridized carbons (Fsp3) is 0.286. The molecule has 0 aliphatic carbocycles. The molecule has 196 valence electrons. The van der Waals surface area contributed by atoms with Crippen molar-refractivity contribution >= 4 is 46.1 Å². The first-order chi connectivity index (χ1) is 18.4. The SMILES string of the molecule is COC(=O)C(Cc1c[nH]c2ccccc12)NC(=O)c1c(N(C)C(=O)c2cccc(Cl)c2)nc2n1CCCC2. The molecule has 2 aromatic heterocycles. The number of nitrogens with zero attached hydrogens (tertiary/aromatic N) is 3. The molecule has 4 aromatic rings. The van der Waals surface area contributed by atoms with Crippen LogP contribution in [0.15, 0.2) is 54.7 Å². The van der Waals surface area contributed by atoms with E-state index >= 15 is 0 Å². The lowest BCUT2D eigenvalue weighted by atomic mass is 10.0. The number of rotatable bonds is 7. The summed E-state index contributed by atoms with van der Waals surface area (Å²) in [5, 5.41) is 4.26. The standard InChI is InChI=1S/C28H28ClN5O4/c1-33(27(36)17-8-7-9-19(29)14-17)25-24(34-13-6-5-12-23(34)32-25)26(35)31-22(28(37)38-2)15-18-16-30-21-11-4-3-10-20(18)21/h3-4,7-11,14,16,22,30H,5-6,12-13,15H2,1-2H3,(H,31,35). The van der Waals surface area contributed by atoms with Crippen LogP contribution in [0.25, 0.3) is 10.9 Å². The number of amides is 2. The summed E-state index contributed by atoms with van der Waals surface area (Å²) in [7, 11) is 2.87. The largest absolute Gasteiger partial charge is 0.467 e. The zero-order valence-electron chi connectivity index (χ0n) is 21.2. The van der Waals surface area contributed by atoms with Gasteiger partial charge in [0.05, 0.1) is 7.11 Å². The second-order valence-electron chi connectivity index (χ2n) is 9.30. The number of aromatic amines is 1. The minimum absolute atomic E-state index is 0.232. The number of carbonyl (C=O) groups is 3. The summed E-state index contributed by atoms with van der Waals surface area (Å²) < 4.78 is 6.87. The highest BCUT2D eigenvalue weighted by molar-refractivity contribution is 6.31. The minimum atomic E-state index is -0.941. The first-order valence-electron chi connectivity index (χ1n) is 12.4. The van der Waals surface area contributed by atoms with Crippen LogP contribution in [0.3, 0.4) is 0 Å². The molecule has 1 aliphatic rings. The van der Waals surface area contributed by atoms with Crippen LogP contribution in [0.4, 0.5) is 5.82 Å². The Bertz CT molecular complexity index is 1520. The predicted octanol–water partition coefficient (Wildman–Crippen LogP) is 4.14. The van der Waals surface area contributed by atoms with E-state index in [0.717, 1.165) is 35.1 Å². The van der Waals surface area contributed by atoms with E-state index in [9.17, 15) is 14.4 Å². The minimum Gasteiger partial charge on any atom is -0.467 e. The number of H-pyrrole nitrogens is 1. The molecule has 0 spiro atoms. The molecule has 0 saturated carbocycles. The van der Waals surface area contributed by atoms with Crippen molar-refractivity contribution in [2.24, 2.45) is 0 Å². The highest BCUT2D eigenvalue weighted by Gasteiger charge is 2.32. The molecule has 0 radical (unpaired) electrons. The molecule has 1 unspecified atom stereocenters. The summed E-state index contributed by atoms with van der Waals surface area (Å²) in [6.07, 6.45) is 4.57. The van der Waals surface area contributed by atoms with Crippen LogP contribution in [-0.2, 0) is 28.9 Å². The first-order valence-corrected chi connectivity index (χ1v) is 12.8. The van der Waals surface area contributed by atoms with Crippen LogP contribution in [0, 0.1) is 0 Å². The van der Waals surface area contributed by atoms with Crippen molar-refractivity contribution in [3.05, 3.63) is 82.4 Å². The molecule has 0 saturated heterocycles. The maximum atomic E-state index is 13.8. The van der Waals surface area contributed by atoms with E-state index in [1.807, 2.05) is 35.0 Å². The molecule has 0 bridgehead atoms. The van der Waals surface area contributed by atoms with Crippen LogP contribution in [-0.4, -0.2) is 52.5 Å². The van der Waals surface area contributed by atoms with Gasteiger partial charge in [0.15, 0.2) is 11.5 Å². The average Bonchev–Trinajstić information content (AvgIpc) is 3.53. The summed E-state index contributed by atoms with van der Waals surface area (Å²) in [5.41, 5.74) is 2.43. The highest BCUT2D eigenvalue weighted by Crippen LogP contribution is 2.28. The third-order valence-electron chi connectivity index (χ3n) is 6.86. The summed E-state index contributed by atoms with van der Waals surface area (Å²) in [4.78, 5) is 49.1. The molecular weight excluding hydrogens is 506 g/mol. The van der Waals surface area contributed by atoms with Gasteiger partial charge < -0.3 is 19.6 Å². The molecule has 9 nitrogen and oxygen atoms in total. The number of carbonyl (C=O) groups excluding carboxylic acids is 3. The molecule has 0 fully saturated rings. The van der Waals surface area contributed by atoms with Crippen molar-refractivity contribution in [1.29, 1.82) is 0 Å². The maximum Gasteiger partial charge on any atom is 0.328 e. The van der Waals surface area contributed by atoms with Crippen molar-refractivity contribution in [3.8, 4) is 0 Å². The number of hydrogen-bond acceptors (Lipinski definition) is 5. The van der Waals surface area contributed by atoms with Crippen molar-refractivity contribution in [2.45, 2.75) is 38.3 Å². The molecule has 2 aromatic carbocycles.